The van der Waals surface area contributed by atoms with Crippen LogP contribution in [0, 0.1) is 91.2 Å². The molecule has 0 heterocycles. The van der Waals surface area contributed by atoms with Gasteiger partial charge in [0.15, 0.2) is 11.4 Å². The maximum Gasteiger partial charge on any atom is 0.189 e. The minimum Gasteiger partial charge on any atom is -0.398 e. The first-order valence-electron chi connectivity index (χ1n) is 47.3. The van der Waals surface area contributed by atoms with Crippen LogP contribution >= 0.6 is 47.8 Å². The number of hydrogen-bond acceptors (Lipinski definition) is 6. The van der Waals surface area contributed by atoms with Crippen LogP contribution in [0.5, 0.6) is 0 Å². The highest BCUT2D eigenvalue weighted by molar-refractivity contribution is 9.11. The molecule has 20 aromatic carbocycles. The van der Waals surface area contributed by atoms with Crippen molar-refractivity contribution >= 4 is 175 Å². The zero-order chi connectivity index (χ0) is 98.3. The van der Waals surface area contributed by atoms with Crippen molar-refractivity contribution in [3.63, 3.8) is 0 Å². The number of nitrogens with zero attached hydrogens (tertiary/aromatic N) is 6. The van der Waals surface area contributed by atoms with Crippen LogP contribution in [-0.2, 0) is 0 Å². The molecule has 3 N–H and O–H groups in total. The number of anilines is 9. The van der Waals surface area contributed by atoms with Crippen molar-refractivity contribution in [1.82, 2.24) is 0 Å². The molecular weight excluding hydrogens is 1890 g/mol. The van der Waals surface area contributed by atoms with Gasteiger partial charge in [0, 0.05) is 58.3 Å². The Morgan fingerprint density at radius 3 is 0.942 bits per heavy atom. The Bertz CT molecular complexity index is 7850. The molecule has 0 amide bonds. The largest absolute Gasteiger partial charge is 0.398 e. The molecule has 684 valence electrons. The molecule has 0 fully saturated rings. The average molecular weight is 2000 g/mol. The second-order valence-corrected chi connectivity index (χ2v) is 39.9. The molecule has 0 atom stereocenters. The summed E-state index contributed by atoms with van der Waals surface area (Å²) in [5.74, 6) is 1.40. The molecule has 0 unspecified atom stereocenters. The number of nitrogen functional groups attached to an aromatic ring is 1. The third-order valence-electron chi connectivity index (χ3n) is 26.7. The fraction of sp³-hybridized carbons (Fsp3) is 0.156. The van der Waals surface area contributed by atoms with Crippen molar-refractivity contribution in [2.75, 3.05) is 20.9 Å². The Labute approximate surface area is 844 Å². The Hall–Kier alpha value is -14.9. The van der Waals surface area contributed by atoms with E-state index in [1.807, 2.05) is 106 Å². The van der Waals surface area contributed by atoms with Gasteiger partial charge in [-0.2, -0.15) is 10.5 Å². The van der Waals surface area contributed by atoms with Gasteiger partial charge in [0.05, 0.1) is 53.5 Å². The smallest absolute Gasteiger partial charge is 0.189 e. The van der Waals surface area contributed by atoms with Gasteiger partial charge < -0.3 is 20.9 Å². The van der Waals surface area contributed by atoms with E-state index < -0.39 is 0 Å². The molecule has 139 heavy (non-hydrogen) atoms. The van der Waals surface area contributed by atoms with Crippen LogP contribution in [0.15, 0.2) is 353 Å². The zero-order valence-corrected chi connectivity index (χ0v) is 86.3. The van der Waals surface area contributed by atoms with Crippen molar-refractivity contribution in [2.24, 2.45) is 0 Å². The summed E-state index contributed by atoms with van der Waals surface area (Å²) in [6.45, 7) is 50.4. The number of aryl methyl sites for hydroxylation is 8. The first-order valence-corrected chi connectivity index (χ1v) is 49.7. The fourth-order valence-corrected chi connectivity index (χ4v) is 20.3. The number of rotatable bonds is 16. The molecule has 11 heteroatoms. The molecule has 0 radical (unpaired) electrons. The van der Waals surface area contributed by atoms with E-state index >= 15 is 0 Å². The maximum absolute atomic E-state index is 10.4. The standard InChI is InChI=1S/C64H54N4.C22H20Br2.C21H18N2.C13H13N.C8H6BrN/c1-39(2)55-36-61(67(57-32-45(38-65)24-20-41(57)5)58-33-48(25-21-42(58)6)46-16-12-10-13-17-46)53-30-28-52-56(40(3)4)37-62(54-31-29-51(55)63(53)64(52)54)68(60-35-50(66-9)27-23-44(60)8)59-34-49(26-22-43(59)7)47-18-14-11-15-19-47;1-11(2)17-9-19(23)15-8-6-14-18(12(3)4)10-20(24)16-7-5-13(17)21(15)22(14)16;1-15-9-11-18(17-7-5-4-6-8-17)13-20(15)23-21-14-19(22-3)12-10-16(21)2;1-10-7-8-12(9-13(10)14)11-5-3-2-4-6-11;1-6-2-3-7(5-10)4-8(6)9/h10-37,39-40H,1-8H3;5-12H,1-4H3;4-14,23H,1-2H3;2-9H,14H2,1H3;2-4H,1H3. The Balaban J connectivity index is 0.000000157. The van der Waals surface area contributed by atoms with E-state index in [1.165, 1.54) is 113 Å². The molecule has 0 aliphatic rings. The number of hydrogen-bond donors (Lipinski definition) is 2. The van der Waals surface area contributed by atoms with Crippen molar-refractivity contribution in [3.05, 3.63) is 454 Å². The van der Waals surface area contributed by atoms with Crippen LogP contribution in [0.1, 0.15) is 157 Å². The fourth-order valence-electron chi connectivity index (χ4n) is 18.8. The van der Waals surface area contributed by atoms with Crippen molar-refractivity contribution in [2.45, 2.75) is 134 Å². The Morgan fingerprint density at radius 2 is 0.561 bits per heavy atom. The summed E-state index contributed by atoms with van der Waals surface area (Å²) < 4.78 is 3.38. The third-order valence-corrected chi connectivity index (χ3v) is 28.8. The number of halogens is 3. The maximum atomic E-state index is 10.4. The highest BCUT2D eigenvalue weighted by Gasteiger charge is 2.30. The predicted molar refractivity (Wildman–Crippen MR) is 604 cm³/mol. The molecule has 0 aliphatic heterocycles. The first kappa shape index (κ1) is 97.2. The average Bonchev–Trinajstić information content (AvgIpc) is 0.695. The van der Waals surface area contributed by atoms with E-state index in [0.29, 0.717) is 34.3 Å². The lowest BCUT2D eigenvalue weighted by molar-refractivity contribution is 0.875. The number of nitriles is 2. The SMILES string of the molecule is CC(C)c1cc(Br)c2ccc3c(C(C)C)cc(Br)c4ccc1c2c43.Cc1ccc(-c2ccccc2)cc1N.Cc1ccc(C#N)cc1Br.[C-]#[N+]c1ccc(C)c(N(c2cc(-c3ccccc3)ccc2C)c2cc(C(C)C)c3ccc4c(N(c5cc(C#N)ccc5C)c5cc(-c6ccccc6)ccc5C)cc(C(C)C)c5ccc2c3c54)c1.[C-]#[N+]c1ccc(C)c(Nc2cc(-c3ccccc3)ccc2C)c1. The van der Waals surface area contributed by atoms with Crippen LogP contribution in [0.3, 0.4) is 0 Å². The summed E-state index contributed by atoms with van der Waals surface area (Å²) in [5, 5.41) is 37.7. The summed E-state index contributed by atoms with van der Waals surface area (Å²) in [6.07, 6.45) is 0. The van der Waals surface area contributed by atoms with Gasteiger partial charge in [-0.3, -0.25) is 0 Å². The van der Waals surface area contributed by atoms with Gasteiger partial charge in [-0.1, -0.05) is 358 Å². The molecule has 8 nitrogen and oxygen atoms in total. The predicted octanol–water partition coefficient (Wildman–Crippen LogP) is 39.3. The monoisotopic (exact) mass is 2000 g/mol. The van der Waals surface area contributed by atoms with Gasteiger partial charge in [-0.05, 0) is 329 Å². The van der Waals surface area contributed by atoms with Crippen molar-refractivity contribution < 1.29 is 0 Å². The minimum atomic E-state index is 0.200. The van der Waals surface area contributed by atoms with Gasteiger partial charge >= 0.3 is 0 Å². The Kier molecular flexibility index (Phi) is 29.6. The van der Waals surface area contributed by atoms with E-state index in [0.717, 1.165) is 128 Å². The van der Waals surface area contributed by atoms with Crippen LogP contribution in [0.25, 0.3) is 119 Å². The van der Waals surface area contributed by atoms with Crippen LogP contribution in [0.4, 0.5) is 62.6 Å². The molecule has 20 rings (SSSR count). The molecule has 0 spiro atoms. The summed E-state index contributed by atoms with van der Waals surface area (Å²) >= 11 is 11.0. The molecule has 0 bridgehead atoms. The third kappa shape index (κ3) is 20.4. The van der Waals surface area contributed by atoms with Crippen molar-refractivity contribution in [1.29, 1.82) is 10.5 Å². The topological polar surface area (TPSA) is 101 Å². The van der Waals surface area contributed by atoms with Crippen LogP contribution in [-0.4, -0.2) is 0 Å². The van der Waals surface area contributed by atoms with Gasteiger partial charge in [0.2, 0.25) is 0 Å². The van der Waals surface area contributed by atoms with E-state index in [9.17, 15) is 5.26 Å². The van der Waals surface area contributed by atoms with Gasteiger partial charge in [0.1, 0.15) is 0 Å². The quantitative estimate of drug-likeness (QED) is 0.0568. The lowest BCUT2D eigenvalue weighted by Gasteiger charge is -2.33. The summed E-state index contributed by atoms with van der Waals surface area (Å²) in [4.78, 5) is 12.3. The summed E-state index contributed by atoms with van der Waals surface area (Å²) in [7, 11) is 0. The summed E-state index contributed by atoms with van der Waals surface area (Å²) in [6, 6.07) is 124. The van der Waals surface area contributed by atoms with E-state index in [-0.39, 0.29) is 11.8 Å². The molecular formula is C128H111Br3N8. The number of nitrogens with one attached hydrogen (secondary N) is 1. The Morgan fingerprint density at radius 1 is 0.266 bits per heavy atom. The molecule has 0 saturated heterocycles. The molecule has 0 saturated carbocycles. The molecule has 0 aromatic heterocycles. The summed E-state index contributed by atoms with van der Waals surface area (Å²) in [5.41, 5.74) is 41.2. The lowest BCUT2D eigenvalue weighted by atomic mass is 9.83. The second kappa shape index (κ2) is 42.4. The lowest BCUT2D eigenvalue weighted by Crippen LogP contribution is -2.15. The molecule has 20 aromatic rings. The van der Waals surface area contributed by atoms with E-state index in [4.69, 9.17) is 24.1 Å². The van der Waals surface area contributed by atoms with Gasteiger partial charge in [0.25, 0.3) is 0 Å². The number of benzene rings is 20. The van der Waals surface area contributed by atoms with Gasteiger partial charge in [-0.25, -0.2) is 9.69 Å². The first-order chi connectivity index (χ1) is 67.0. The second-order valence-electron chi connectivity index (χ2n) is 37.4. The van der Waals surface area contributed by atoms with Crippen LogP contribution < -0.4 is 20.9 Å². The van der Waals surface area contributed by atoms with E-state index in [2.05, 4.69) is 423 Å². The minimum absolute atomic E-state index is 0.200. The highest BCUT2D eigenvalue weighted by Crippen LogP contribution is 2.55. The zero-order valence-electron chi connectivity index (χ0n) is 81.5. The molecule has 0 aliphatic carbocycles. The van der Waals surface area contributed by atoms with Crippen molar-refractivity contribution in [3.8, 4) is 56.6 Å². The van der Waals surface area contributed by atoms with Crippen LogP contribution in [0.2, 0.25) is 0 Å². The highest BCUT2D eigenvalue weighted by atomic mass is 79.9. The van der Waals surface area contributed by atoms with Gasteiger partial charge in [-0.15, -0.1) is 0 Å². The normalized spacial score (nSPS) is 11.1. The van der Waals surface area contributed by atoms with E-state index in [1.54, 1.807) is 6.07 Å². The number of nitrogens with two attached hydrogens (primary N) is 1.